The first-order chi connectivity index (χ1) is 8.79. The third kappa shape index (κ3) is 4.61. The Labute approximate surface area is 119 Å². The zero-order valence-electron chi connectivity index (χ0n) is 10.8. The summed E-state index contributed by atoms with van der Waals surface area (Å²) in [4.78, 5) is 11.4. The number of fused-ring (bicyclic) bond motifs is 1. The minimum atomic E-state index is -0.126. The van der Waals surface area contributed by atoms with Gasteiger partial charge in [0.25, 0.3) is 0 Å². The number of ether oxygens (including phenoxy) is 2. The highest BCUT2D eigenvalue weighted by atomic mass is 35.5. The van der Waals surface area contributed by atoms with E-state index in [1.807, 2.05) is 31.3 Å². The highest BCUT2D eigenvalue weighted by molar-refractivity contribution is 5.85. The van der Waals surface area contributed by atoms with Crippen molar-refractivity contribution in [1.82, 2.24) is 10.6 Å². The lowest BCUT2D eigenvalue weighted by Crippen LogP contribution is -2.41. The van der Waals surface area contributed by atoms with Gasteiger partial charge in [-0.1, -0.05) is 12.1 Å². The van der Waals surface area contributed by atoms with Crippen molar-refractivity contribution in [3.05, 3.63) is 24.3 Å². The van der Waals surface area contributed by atoms with E-state index in [1.165, 1.54) is 0 Å². The van der Waals surface area contributed by atoms with Crippen LogP contribution in [-0.4, -0.2) is 38.8 Å². The number of nitrogens with one attached hydrogen (secondary N) is 2. The lowest BCUT2D eigenvalue weighted by atomic mass is 10.2. The molecule has 1 aliphatic heterocycles. The zero-order valence-corrected chi connectivity index (χ0v) is 11.7. The first-order valence-electron chi connectivity index (χ1n) is 6.09. The van der Waals surface area contributed by atoms with Gasteiger partial charge in [0, 0.05) is 13.0 Å². The third-order valence-electron chi connectivity index (χ3n) is 2.70. The summed E-state index contributed by atoms with van der Waals surface area (Å²) in [6.07, 6.45) is 0.346. The molecule has 0 saturated heterocycles. The number of para-hydroxylation sites is 2. The maximum Gasteiger partial charge on any atom is 0.221 e. The second kappa shape index (κ2) is 7.86. The molecular formula is C13H19ClN2O3. The number of rotatable bonds is 5. The summed E-state index contributed by atoms with van der Waals surface area (Å²) in [5, 5.41) is 5.77. The van der Waals surface area contributed by atoms with E-state index in [9.17, 15) is 4.79 Å². The van der Waals surface area contributed by atoms with Crippen LogP contribution in [0, 0.1) is 0 Å². The normalized spacial score (nSPS) is 16.4. The van der Waals surface area contributed by atoms with E-state index in [1.54, 1.807) is 0 Å². The summed E-state index contributed by atoms with van der Waals surface area (Å²) in [7, 11) is 1.82. The second-order valence-electron chi connectivity index (χ2n) is 4.16. The summed E-state index contributed by atoms with van der Waals surface area (Å²) in [5.41, 5.74) is 0. The first kappa shape index (κ1) is 15.6. The van der Waals surface area contributed by atoms with Crippen molar-refractivity contribution in [2.75, 3.05) is 26.7 Å². The number of benzene rings is 1. The van der Waals surface area contributed by atoms with Crippen molar-refractivity contribution >= 4 is 18.3 Å². The second-order valence-corrected chi connectivity index (χ2v) is 4.16. The van der Waals surface area contributed by atoms with Gasteiger partial charge in [-0.3, -0.25) is 4.79 Å². The lowest BCUT2D eigenvalue weighted by Gasteiger charge is -2.26. The van der Waals surface area contributed by atoms with Gasteiger partial charge in [-0.05, 0) is 19.2 Å². The quantitative estimate of drug-likeness (QED) is 0.847. The summed E-state index contributed by atoms with van der Waals surface area (Å²) in [6.45, 7) is 1.61. The monoisotopic (exact) mass is 286 g/mol. The lowest BCUT2D eigenvalue weighted by molar-refractivity contribution is -0.121. The fourth-order valence-electron chi connectivity index (χ4n) is 1.72. The Kier molecular flexibility index (Phi) is 6.45. The van der Waals surface area contributed by atoms with E-state index in [-0.39, 0.29) is 24.4 Å². The van der Waals surface area contributed by atoms with Crippen molar-refractivity contribution in [3.63, 3.8) is 0 Å². The van der Waals surface area contributed by atoms with Gasteiger partial charge >= 0.3 is 0 Å². The van der Waals surface area contributed by atoms with E-state index < -0.39 is 0 Å². The van der Waals surface area contributed by atoms with E-state index in [4.69, 9.17) is 9.47 Å². The summed E-state index contributed by atoms with van der Waals surface area (Å²) in [5.74, 6) is 1.51. The molecule has 19 heavy (non-hydrogen) atoms. The highest BCUT2D eigenvalue weighted by Gasteiger charge is 2.20. The molecule has 0 spiro atoms. The number of carbonyl (C=O) groups excluding carboxylic acids is 1. The molecule has 0 aliphatic carbocycles. The largest absolute Gasteiger partial charge is 0.486 e. The average Bonchev–Trinajstić information content (AvgIpc) is 2.42. The fraction of sp³-hybridized carbons (Fsp3) is 0.462. The predicted molar refractivity (Wildman–Crippen MR) is 75.2 cm³/mol. The van der Waals surface area contributed by atoms with Crippen molar-refractivity contribution in [2.45, 2.75) is 12.5 Å². The first-order valence-corrected chi connectivity index (χ1v) is 6.09. The van der Waals surface area contributed by atoms with E-state index >= 15 is 0 Å². The van der Waals surface area contributed by atoms with Gasteiger partial charge in [0.1, 0.15) is 12.7 Å². The molecule has 0 fully saturated rings. The maximum atomic E-state index is 11.4. The van der Waals surface area contributed by atoms with E-state index in [0.29, 0.717) is 26.1 Å². The standard InChI is InChI=1S/C13H18N2O3.ClH/c1-14-7-6-13(16)15-8-10-9-17-11-4-2-3-5-12(11)18-10;/h2-5,10,14H,6-9H2,1H3,(H,15,16);1H. The summed E-state index contributed by atoms with van der Waals surface area (Å²) < 4.78 is 11.3. The third-order valence-corrected chi connectivity index (χ3v) is 2.70. The molecule has 0 bridgehead atoms. The molecule has 1 aromatic carbocycles. The minimum Gasteiger partial charge on any atom is -0.486 e. The number of carbonyl (C=O) groups is 1. The Bertz CT molecular complexity index is 415. The van der Waals surface area contributed by atoms with E-state index in [2.05, 4.69) is 10.6 Å². The smallest absolute Gasteiger partial charge is 0.221 e. The molecule has 6 heteroatoms. The molecule has 0 radical (unpaired) electrons. The van der Waals surface area contributed by atoms with Crippen molar-refractivity contribution in [3.8, 4) is 11.5 Å². The molecule has 0 aromatic heterocycles. The van der Waals surface area contributed by atoms with Gasteiger partial charge in [-0.2, -0.15) is 0 Å². The van der Waals surface area contributed by atoms with Crippen LogP contribution in [0.15, 0.2) is 24.3 Å². The molecule has 106 valence electrons. The topological polar surface area (TPSA) is 59.6 Å². The van der Waals surface area contributed by atoms with Gasteiger partial charge in [0.2, 0.25) is 5.91 Å². The van der Waals surface area contributed by atoms with Crippen LogP contribution in [0.25, 0.3) is 0 Å². The number of hydrogen-bond donors (Lipinski definition) is 2. The number of amides is 1. The van der Waals surface area contributed by atoms with Gasteiger partial charge in [-0.15, -0.1) is 12.4 Å². The Balaban J connectivity index is 0.00000180. The zero-order chi connectivity index (χ0) is 12.8. The fourth-order valence-corrected chi connectivity index (χ4v) is 1.72. The summed E-state index contributed by atoms with van der Waals surface area (Å²) in [6, 6.07) is 7.54. The Morgan fingerprint density at radius 1 is 1.37 bits per heavy atom. The highest BCUT2D eigenvalue weighted by Crippen LogP contribution is 2.30. The molecule has 1 heterocycles. The average molecular weight is 287 g/mol. The molecule has 1 aliphatic rings. The predicted octanol–water partition coefficient (Wildman–Crippen LogP) is 0.974. The Morgan fingerprint density at radius 3 is 2.84 bits per heavy atom. The van der Waals surface area contributed by atoms with Gasteiger partial charge in [0.05, 0.1) is 6.54 Å². The number of hydrogen-bond acceptors (Lipinski definition) is 4. The molecule has 2 N–H and O–H groups in total. The van der Waals surface area contributed by atoms with Crippen molar-refractivity contribution in [2.24, 2.45) is 0 Å². The molecule has 2 rings (SSSR count). The molecule has 5 nitrogen and oxygen atoms in total. The molecular weight excluding hydrogens is 268 g/mol. The van der Waals surface area contributed by atoms with Crippen LogP contribution in [0.3, 0.4) is 0 Å². The van der Waals surface area contributed by atoms with Crippen LogP contribution >= 0.6 is 12.4 Å². The molecule has 0 saturated carbocycles. The van der Waals surface area contributed by atoms with Crippen LogP contribution in [-0.2, 0) is 4.79 Å². The number of halogens is 1. The van der Waals surface area contributed by atoms with Crippen LogP contribution in [0.5, 0.6) is 11.5 Å². The van der Waals surface area contributed by atoms with Gasteiger partial charge in [0.15, 0.2) is 11.5 Å². The summed E-state index contributed by atoms with van der Waals surface area (Å²) >= 11 is 0. The molecule has 1 amide bonds. The van der Waals surface area contributed by atoms with E-state index in [0.717, 1.165) is 11.5 Å². The minimum absolute atomic E-state index is 0. The maximum absolute atomic E-state index is 11.4. The molecule has 1 aromatic rings. The Hall–Kier alpha value is -1.46. The van der Waals surface area contributed by atoms with Crippen LogP contribution in [0.4, 0.5) is 0 Å². The SMILES string of the molecule is CNCCC(=O)NCC1COc2ccccc2O1.Cl. The van der Waals surface area contributed by atoms with Crippen molar-refractivity contribution in [1.29, 1.82) is 0 Å². The van der Waals surface area contributed by atoms with Gasteiger partial charge < -0.3 is 20.1 Å². The molecule has 1 unspecified atom stereocenters. The Morgan fingerprint density at radius 2 is 2.11 bits per heavy atom. The van der Waals surface area contributed by atoms with Crippen LogP contribution in [0.2, 0.25) is 0 Å². The van der Waals surface area contributed by atoms with Crippen molar-refractivity contribution < 1.29 is 14.3 Å². The molecule has 1 atom stereocenters. The van der Waals surface area contributed by atoms with Crippen LogP contribution in [0.1, 0.15) is 6.42 Å². The van der Waals surface area contributed by atoms with Crippen LogP contribution < -0.4 is 20.1 Å². The van der Waals surface area contributed by atoms with Gasteiger partial charge in [-0.25, -0.2) is 0 Å².